The van der Waals surface area contributed by atoms with Gasteiger partial charge in [-0.25, -0.2) is 8.78 Å². The molecule has 1 amide bonds. The van der Waals surface area contributed by atoms with Crippen LogP contribution in [-0.2, 0) is 4.79 Å². The van der Waals surface area contributed by atoms with E-state index in [1.165, 1.54) is 10.7 Å². The molecule has 0 aliphatic rings. The van der Waals surface area contributed by atoms with E-state index in [1.807, 2.05) is 6.07 Å². The average molecular weight is 363 g/mol. The molecule has 1 heterocycles. The Labute approximate surface area is 145 Å². The van der Waals surface area contributed by atoms with Crippen molar-refractivity contribution in [3.05, 3.63) is 60.2 Å². The Kier molecular flexibility index (Phi) is 4.94. The fourth-order valence-corrected chi connectivity index (χ4v) is 2.76. The fourth-order valence-electron chi connectivity index (χ4n) is 2.00. The minimum atomic E-state index is -1.06. The van der Waals surface area contributed by atoms with E-state index >= 15 is 0 Å². The molecule has 3 rings (SSSR count). The van der Waals surface area contributed by atoms with Crippen molar-refractivity contribution in [3.63, 3.8) is 0 Å². The van der Waals surface area contributed by atoms with E-state index in [0.717, 1.165) is 23.9 Å². The lowest BCUT2D eigenvalue weighted by Gasteiger charge is -2.04. The van der Waals surface area contributed by atoms with Gasteiger partial charge in [0, 0.05) is 23.9 Å². The number of amides is 1. The van der Waals surface area contributed by atoms with Gasteiger partial charge in [0.05, 0.1) is 11.0 Å². The molecule has 0 aliphatic heterocycles. The first kappa shape index (κ1) is 16.9. The smallest absolute Gasteiger partial charge is 0.298 e. The van der Waals surface area contributed by atoms with Crippen molar-refractivity contribution in [2.75, 3.05) is 11.1 Å². The van der Waals surface area contributed by atoms with E-state index in [4.69, 9.17) is 0 Å². The van der Waals surface area contributed by atoms with Crippen LogP contribution in [0.3, 0.4) is 0 Å². The van der Waals surface area contributed by atoms with Crippen LogP contribution in [0.4, 0.5) is 14.5 Å². The number of benzene rings is 2. The second-order valence-corrected chi connectivity index (χ2v) is 5.84. The number of carbonyl (C=O) groups is 1. The van der Waals surface area contributed by atoms with Gasteiger partial charge in [0.25, 0.3) is 5.03 Å². The fraction of sp³-hybridized carbons (Fsp3) is 0.0625. The molecule has 0 spiro atoms. The molecule has 0 aliphatic carbocycles. The highest BCUT2D eigenvalue weighted by Crippen LogP contribution is 2.23. The number of nitrogens with one attached hydrogen (secondary N) is 1. The zero-order valence-electron chi connectivity index (χ0n) is 12.6. The molecule has 128 valence electrons. The Morgan fingerprint density at radius 1 is 1.20 bits per heavy atom. The average Bonchev–Trinajstić information content (AvgIpc) is 2.98. The highest BCUT2D eigenvalue weighted by atomic mass is 32.2. The third kappa shape index (κ3) is 3.94. The Hall–Kier alpha value is -2.94. The molecule has 0 unspecified atom stereocenters. The SMILES string of the molecule is O=C(CSc1c([O-])on[n+]1-c1ccccc1)Nc1ccc(F)c(F)c1. The molecule has 0 saturated heterocycles. The lowest BCUT2D eigenvalue weighted by atomic mass is 10.3. The minimum absolute atomic E-state index is 0.119. The quantitative estimate of drug-likeness (QED) is 0.554. The van der Waals surface area contributed by atoms with Gasteiger partial charge in [-0.15, -0.1) is 0 Å². The maximum Gasteiger partial charge on any atom is 0.298 e. The van der Waals surface area contributed by atoms with Gasteiger partial charge < -0.3 is 14.9 Å². The van der Waals surface area contributed by atoms with Crippen LogP contribution >= 0.6 is 11.8 Å². The third-order valence-corrected chi connectivity index (χ3v) is 4.14. The highest BCUT2D eigenvalue weighted by Gasteiger charge is 2.22. The highest BCUT2D eigenvalue weighted by molar-refractivity contribution is 7.99. The summed E-state index contributed by atoms with van der Waals surface area (Å²) in [6, 6.07) is 11.8. The number of hydrogen-bond acceptors (Lipinski definition) is 5. The first-order valence-corrected chi connectivity index (χ1v) is 8.05. The molecular weight excluding hydrogens is 352 g/mol. The number of hydrogen-bond donors (Lipinski definition) is 1. The maximum atomic E-state index is 13.1. The van der Waals surface area contributed by atoms with Crippen LogP contribution in [0.2, 0.25) is 0 Å². The van der Waals surface area contributed by atoms with Crippen molar-refractivity contribution in [3.8, 4) is 11.6 Å². The Morgan fingerprint density at radius 2 is 1.96 bits per heavy atom. The monoisotopic (exact) mass is 363 g/mol. The lowest BCUT2D eigenvalue weighted by molar-refractivity contribution is -0.705. The van der Waals surface area contributed by atoms with Crippen LogP contribution in [0.5, 0.6) is 5.95 Å². The van der Waals surface area contributed by atoms with E-state index < -0.39 is 23.5 Å². The second-order valence-electron chi connectivity index (χ2n) is 4.88. The topological polar surface area (TPSA) is 82.1 Å². The van der Waals surface area contributed by atoms with Gasteiger partial charge in [0.2, 0.25) is 11.6 Å². The van der Waals surface area contributed by atoms with E-state index in [2.05, 4.69) is 15.1 Å². The molecule has 9 heteroatoms. The molecule has 25 heavy (non-hydrogen) atoms. The molecule has 1 aromatic heterocycles. The summed E-state index contributed by atoms with van der Waals surface area (Å²) in [4.78, 5) is 12.0. The van der Waals surface area contributed by atoms with Crippen LogP contribution in [-0.4, -0.2) is 16.9 Å². The molecular formula is C16H11F2N3O3S. The Bertz CT molecular complexity index is 903. The standard InChI is InChI=1S/C16H11F2N3O3S/c17-12-7-6-10(8-13(12)18)19-14(22)9-25-15-16(23)24-20-21(15)11-4-2-1-3-5-11/h1-8H,9H2,(H-,19,20,22,23). The van der Waals surface area contributed by atoms with Crippen LogP contribution in [0.15, 0.2) is 58.1 Å². The summed E-state index contributed by atoms with van der Waals surface area (Å²) >= 11 is 0.924. The predicted octanol–water partition coefficient (Wildman–Crippen LogP) is 2.03. The molecule has 2 aromatic carbocycles. The van der Waals surface area contributed by atoms with Crippen LogP contribution in [0, 0.1) is 11.6 Å². The van der Waals surface area contributed by atoms with Gasteiger partial charge in [-0.05, 0) is 28.6 Å². The van der Waals surface area contributed by atoms with Crippen molar-refractivity contribution in [1.29, 1.82) is 0 Å². The van der Waals surface area contributed by atoms with Crippen molar-refractivity contribution < 1.29 is 27.9 Å². The Balaban J connectivity index is 1.68. The largest absolute Gasteiger partial charge is 0.538 e. The van der Waals surface area contributed by atoms with Gasteiger partial charge in [-0.2, -0.15) is 0 Å². The number of halogens is 2. The number of para-hydroxylation sites is 1. The normalized spacial score (nSPS) is 10.6. The first-order chi connectivity index (χ1) is 12.0. The van der Waals surface area contributed by atoms with Crippen molar-refractivity contribution >= 4 is 23.4 Å². The van der Waals surface area contributed by atoms with Gasteiger partial charge in [0.1, 0.15) is 0 Å². The van der Waals surface area contributed by atoms with Crippen LogP contribution < -0.4 is 15.1 Å². The van der Waals surface area contributed by atoms with Crippen molar-refractivity contribution in [2.24, 2.45) is 0 Å². The molecule has 0 saturated carbocycles. The summed E-state index contributed by atoms with van der Waals surface area (Å²) in [6.07, 6.45) is 0. The summed E-state index contributed by atoms with van der Waals surface area (Å²) in [5.74, 6) is -3.36. The number of nitrogens with zero attached hydrogens (tertiary/aromatic N) is 2. The predicted molar refractivity (Wildman–Crippen MR) is 83.2 cm³/mol. The molecule has 0 radical (unpaired) electrons. The molecule has 0 atom stereocenters. The van der Waals surface area contributed by atoms with Crippen LogP contribution in [0.25, 0.3) is 5.69 Å². The molecule has 0 fully saturated rings. The summed E-state index contributed by atoms with van der Waals surface area (Å²) in [5, 5.41) is 18.0. The van der Waals surface area contributed by atoms with Gasteiger partial charge >= 0.3 is 0 Å². The summed E-state index contributed by atoms with van der Waals surface area (Å²) in [5.41, 5.74) is 0.727. The van der Waals surface area contributed by atoms with Gasteiger partial charge in [0.15, 0.2) is 17.6 Å². The molecule has 6 nitrogen and oxygen atoms in total. The third-order valence-electron chi connectivity index (χ3n) is 3.12. The maximum absolute atomic E-state index is 13.1. The first-order valence-electron chi connectivity index (χ1n) is 7.07. The molecule has 3 aromatic rings. The number of aromatic nitrogens is 2. The minimum Gasteiger partial charge on any atom is -0.538 e. The van der Waals surface area contributed by atoms with E-state index in [-0.39, 0.29) is 16.5 Å². The zero-order valence-corrected chi connectivity index (χ0v) is 13.4. The number of carbonyl (C=O) groups excluding carboxylic acids is 1. The summed E-state index contributed by atoms with van der Waals surface area (Å²) < 4.78 is 31.9. The van der Waals surface area contributed by atoms with Crippen LogP contribution in [0.1, 0.15) is 0 Å². The van der Waals surface area contributed by atoms with E-state index in [1.54, 1.807) is 24.3 Å². The number of thioether (sulfide) groups is 1. The van der Waals surface area contributed by atoms with Crippen molar-refractivity contribution in [2.45, 2.75) is 5.03 Å². The molecule has 0 bridgehead atoms. The molecule has 1 N–H and O–H groups in total. The van der Waals surface area contributed by atoms with Gasteiger partial charge in [-0.1, -0.05) is 18.2 Å². The second kappa shape index (κ2) is 7.31. The summed E-state index contributed by atoms with van der Waals surface area (Å²) in [7, 11) is 0. The van der Waals surface area contributed by atoms with E-state index in [9.17, 15) is 18.7 Å². The summed E-state index contributed by atoms with van der Waals surface area (Å²) in [6.45, 7) is 0. The zero-order chi connectivity index (χ0) is 17.8. The number of rotatable bonds is 5. The lowest BCUT2D eigenvalue weighted by Crippen LogP contribution is -2.35. The number of anilines is 1. The van der Waals surface area contributed by atoms with E-state index in [0.29, 0.717) is 5.69 Å². The Morgan fingerprint density at radius 3 is 2.68 bits per heavy atom. The van der Waals surface area contributed by atoms with Gasteiger partial charge in [-0.3, -0.25) is 4.79 Å². The van der Waals surface area contributed by atoms with Crippen molar-refractivity contribution in [1.82, 2.24) is 5.27 Å².